The highest BCUT2D eigenvalue weighted by Gasteiger charge is 2.63. The van der Waals surface area contributed by atoms with E-state index in [9.17, 15) is 76.6 Å². The monoisotopic (exact) mass is 1110 g/mol. The number of hydrogen-bond acceptors (Lipinski definition) is 24. The van der Waals surface area contributed by atoms with Gasteiger partial charge in [-0.15, -0.1) is 0 Å². The van der Waals surface area contributed by atoms with E-state index in [1.807, 2.05) is 6.92 Å². The maximum absolute atomic E-state index is 12.2. The van der Waals surface area contributed by atoms with Gasteiger partial charge >= 0.3 is 0 Å². The molecule has 77 heavy (non-hydrogen) atoms. The van der Waals surface area contributed by atoms with E-state index in [1.54, 1.807) is 0 Å². The third-order valence-corrected chi connectivity index (χ3v) is 20.4. The van der Waals surface area contributed by atoms with E-state index in [0.717, 1.165) is 25.7 Å². The molecule has 0 aromatic rings. The van der Waals surface area contributed by atoms with E-state index in [4.69, 9.17) is 42.6 Å². The highest BCUT2D eigenvalue weighted by Crippen LogP contribution is 2.67. The average Bonchev–Trinajstić information content (AvgIpc) is 3.93. The van der Waals surface area contributed by atoms with E-state index in [1.165, 1.54) is 5.57 Å². The van der Waals surface area contributed by atoms with Gasteiger partial charge in [-0.05, 0) is 105 Å². The van der Waals surface area contributed by atoms with Crippen LogP contribution < -0.4 is 0 Å². The molecule has 5 aliphatic heterocycles. The first-order valence-electron chi connectivity index (χ1n) is 28.0. The minimum absolute atomic E-state index is 0.0271. The Morgan fingerprint density at radius 3 is 1.58 bits per heavy atom. The molecule has 0 bridgehead atoms. The van der Waals surface area contributed by atoms with Crippen molar-refractivity contribution in [3.63, 3.8) is 0 Å². The Labute approximate surface area is 448 Å². The number of aliphatic hydroxyl groups is 15. The second-order valence-electron chi connectivity index (χ2n) is 24.6. The Bertz CT molecular complexity index is 1990. The van der Waals surface area contributed by atoms with Crippen molar-refractivity contribution in [3.8, 4) is 0 Å². The smallest absolute Gasteiger partial charge is 0.187 e. The molecule has 8 fully saturated rings. The number of hydrogen-bond donors (Lipinski definition) is 15. The van der Waals surface area contributed by atoms with Crippen LogP contribution >= 0.6 is 0 Å². The van der Waals surface area contributed by atoms with E-state index in [2.05, 4.69) is 33.8 Å². The zero-order chi connectivity index (χ0) is 55.8. The highest BCUT2D eigenvalue weighted by atomic mass is 16.8. The molecule has 0 aromatic heterocycles. The van der Waals surface area contributed by atoms with Gasteiger partial charge < -0.3 is 119 Å². The molecule has 0 amide bonds. The van der Waals surface area contributed by atoms with Crippen molar-refractivity contribution in [2.75, 3.05) is 33.0 Å². The molecule has 0 unspecified atom stereocenters. The van der Waals surface area contributed by atoms with Crippen LogP contribution in [0.1, 0.15) is 92.4 Å². The number of ether oxygens (including phenoxy) is 9. The van der Waals surface area contributed by atoms with Gasteiger partial charge in [0.05, 0.1) is 56.9 Å². The molecule has 444 valence electrons. The van der Waals surface area contributed by atoms with Crippen LogP contribution in [0.4, 0.5) is 0 Å². The fraction of sp³-hybridized carbons (Fsp3) is 0.962. The van der Waals surface area contributed by atoms with Crippen LogP contribution in [-0.4, -0.2) is 256 Å². The quantitative estimate of drug-likeness (QED) is 0.0664. The van der Waals surface area contributed by atoms with Crippen molar-refractivity contribution in [2.45, 2.75) is 239 Å². The Balaban J connectivity index is 0.856. The molecule has 3 saturated carbocycles. The Hall–Kier alpha value is -1.22. The van der Waals surface area contributed by atoms with Gasteiger partial charge in [-0.25, -0.2) is 0 Å². The van der Waals surface area contributed by atoms with Crippen molar-refractivity contribution in [1.82, 2.24) is 0 Å². The summed E-state index contributed by atoms with van der Waals surface area (Å²) in [6, 6.07) is 0. The molecule has 0 aromatic carbocycles. The maximum Gasteiger partial charge on any atom is 0.187 e. The lowest BCUT2D eigenvalue weighted by atomic mass is 9.47. The molecule has 24 heteroatoms. The minimum Gasteiger partial charge on any atom is -0.394 e. The Morgan fingerprint density at radius 2 is 1.05 bits per heavy atom. The van der Waals surface area contributed by atoms with Crippen LogP contribution in [0.25, 0.3) is 0 Å². The largest absolute Gasteiger partial charge is 0.394 e. The van der Waals surface area contributed by atoms with Gasteiger partial charge in [0.1, 0.15) is 97.7 Å². The third kappa shape index (κ3) is 10.9. The third-order valence-electron chi connectivity index (χ3n) is 20.4. The molecule has 24 nitrogen and oxygen atoms in total. The summed E-state index contributed by atoms with van der Waals surface area (Å²) >= 11 is 0. The van der Waals surface area contributed by atoms with Crippen LogP contribution in [0, 0.1) is 46.3 Å². The van der Waals surface area contributed by atoms with Crippen LogP contribution in [0.3, 0.4) is 0 Å². The second-order valence-corrected chi connectivity index (χ2v) is 24.6. The Kier molecular flexibility index (Phi) is 18.7. The van der Waals surface area contributed by atoms with Gasteiger partial charge in [-0.3, -0.25) is 0 Å². The molecule has 15 N–H and O–H groups in total. The van der Waals surface area contributed by atoms with E-state index in [-0.39, 0.29) is 59.0 Å². The fourth-order valence-corrected chi connectivity index (χ4v) is 15.7. The van der Waals surface area contributed by atoms with E-state index in [0.29, 0.717) is 32.1 Å². The molecule has 0 spiro atoms. The second kappa shape index (κ2) is 23.8. The van der Waals surface area contributed by atoms with Crippen molar-refractivity contribution >= 4 is 0 Å². The molecule has 9 aliphatic rings. The van der Waals surface area contributed by atoms with Crippen LogP contribution in [0.2, 0.25) is 0 Å². The van der Waals surface area contributed by atoms with Gasteiger partial charge in [0.2, 0.25) is 0 Å². The number of fused-ring (bicyclic) bond motifs is 5. The number of allylic oxidation sites excluding steroid dienone is 2. The molecule has 5 heterocycles. The lowest BCUT2D eigenvalue weighted by molar-refractivity contribution is -0.373. The predicted molar refractivity (Wildman–Crippen MR) is 261 cm³/mol. The fourth-order valence-electron chi connectivity index (χ4n) is 15.7. The lowest BCUT2D eigenvalue weighted by Crippen LogP contribution is -2.65. The molecule has 5 saturated heterocycles. The standard InChI is InChI=1S/C53H88O24/c1-6-22-14-29(77-53(22,5)20-69-49-45(41(65)37(61)32(18-56)73-49)75-47-43(67)39(63)35(59)30(16-54)71-47)21(2)34-28(58)15-27-25-8-7-23-13-24(9-11-51(23,3)26(25)10-12-52(27,34)4)70-50-46(42(66)38(62)33(19-57)74-50)76-48-44(68)40(64)36(60)31(17-55)72-48/h8,21-24,26-50,54-68H,6-7,9-20H2,1-5H3/t21-,22-,23-,24-,26-,27-,28-,29-,30+,31+,32+,33+,34-,35+,36+,37+,38+,39-,40-,41-,42-,43+,44+,45+,46+,47-,48-,49+,50+,51-,52-,53+/m0/s1. The minimum atomic E-state index is -1.82. The summed E-state index contributed by atoms with van der Waals surface area (Å²) in [5.74, 6) is 0.335. The summed E-state index contributed by atoms with van der Waals surface area (Å²) < 4.78 is 54.8. The first kappa shape index (κ1) is 60.4. The predicted octanol–water partition coefficient (Wildman–Crippen LogP) is -3.60. The number of aliphatic hydroxyl groups excluding tert-OH is 15. The van der Waals surface area contributed by atoms with Crippen LogP contribution in [0.5, 0.6) is 0 Å². The topological polar surface area (TPSA) is 387 Å². The molecule has 9 rings (SSSR count). The summed E-state index contributed by atoms with van der Waals surface area (Å²) in [4.78, 5) is 0. The summed E-state index contributed by atoms with van der Waals surface area (Å²) in [5.41, 5.74) is 0.105. The average molecular weight is 1110 g/mol. The lowest BCUT2D eigenvalue weighted by Gasteiger charge is -2.58. The molecule has 32 atom stereocenters. The first-order valence-corrected chi connectivity index (χ1v) is 28.0. The van der Waals surface area contributed by atoms with E-state index >= 15 is 0 Å². The Morgan fingerprint density at radius 1 is 0.558 bits per heavy atom. The van der Waals surface area contributed by atoms with Gasteiger partial charge in [-0.2, -0.15) is 0 Å². The van der Waals surface area contributed by atoms with E-state index < -0.39 is 167 Å². The van der Waals surface area contributed by atoms with Crippen LogP contribution in [0.15, 0.2) is 11.6 Å². The normalized spacial score (nSPS) is 54.5. The summed E-state index contributed by atoms with van der Waals surface area (Å²) in [5, 5.41) is 159. The van der Waals surface area contributed by atoms with Crippen molar-refractivity contribution in [2.24, 2.45) is 46.3 Å². The molecule has 4 aliphatic carbocycles. The van der Waals surface area contributed by atoms with Gasteiger partial charge in [-0.1, -0.05) is 45.8 Å². The van der Waals surface area contributed by atoms with Gasteiger partial charge in [0, 0.05) is 0 Å². The SMILES string of the molecule is CC[C@H]1C[C@@H]([C@H](C)[C@H]2[C@@H](O)C[C@H]3C4=CC[C@H]5C[C@@H](O[C@@H]6O[C@H](CO)[C@@H](O)[C@H](O)[C@H]6O[C@@H]6O[C@H](CO)[C@@H](O)[C@H](O)[C@H]6O)CC[C@]5(C)[C@H]4CC[C@]23C)O[C@]1(C)CO[C@@H]1O[C@H](CO)[C@@H](O)[C@H](O)[C@H]1O[C@@H]1O[C@H](CO)[C@@H](O)[C@H](O)[C@H]1O. The molecular weight excluding hydrogens is 1020 g/mol. The zero-order valence-corrected chi connectivity index (χ0v) is 44.6. The summed E-state index contributed by atoms with van der Waals surface area (Å²) in [7, 11) is 0. The van der Waals surface area contributed by atoms with Gasteiger partial charge in [0.15, 0.2) is 25.2 Å². The van der Waals surface area contributed by atoms with Crippen molar-refractivity contribution < 1.29 is 119 Å². The van der Waals surface area contributed by atoms with Crippen molar-refractivity contribution in [1.29, 1.82) is 0 Å². The zero-order valence-electron chi connectivity index (χ0n) is 44.6. The maximum atomic E-state index is 12.2. The van der Waals surface area contributed by atoms with Crippen molar-refractivity contribution in [3.05, 3.63) is 11.6 Å². The highest BCUT2D eigenvalue weighted by molar-refractivity contribution is 5.29. The van der Waals surface area contributed by atoms with Gasteiger partial charge in [0.25, 0.3) is 0 Å². The molecule has 0 radical (unpaired) electrons. The molecular formula is C53H88O24. The first-order chi connectivity index (χ1) is 36.5. The van der Waals surface area contributed by atoms with Crippen LogP contribution in [-0.2, 0) is 42.6 Å². The summed E-state index contributed by atoms with van der Waals surface area (Å²) in [6.45, 7) is 7.98. The summed E-state index contributed by atoms with van der Waals surface area (Å²) in [6.07, 6.45) is -23.6. The number of rotatable bonds is 16.